The molecule has 0 saturated carbocycles. The van der Waals surface area contributed by atoms with Gasteiger partial charge in [0.25, 0.3) is 0 Å². The Balaban J connectivity index is 0.00000243. The molecular weight excluding hydrogens is 507 g/mol. The average Bonchev–Trinajstić information content (AvgIpc) is 2.61. The number of guanidine groups is 1. The van der Waals surface area contributed by atoms with Gasteiger partial charge in [0, 0.05) is 55.7 Å². The number of rotatable bonds is 4. The molecule has 2 heterocycles. The lowest BCUT2D eigenvalue weighted by molar-refractivity contribution is -0.0973. The number of halogens is 2. The van der Waals surface area contributed by atoms with E-state index in [2.05, 4.69) is 74.2 Å². The minimum absolute atomic E-state index is 0. The van der Waals surface area contributed by atoms with Crippen LogP contribution in [0.5, 0.6) is 0 Å². The molecule has 3 rings (SSSR count). The van der Waals surface area contributed by atoms with Crippen molar-refractivity contribution in [3.63, 3.8) is 0 Å². The summed E-state index contributed by atoms with van der Waals surface area (Å²) in [5.41, 5.74) is 1.63. The number of piperazine rings is 1. The summed E-state index contributed by atoms with van der Waals surface area (Å²) in [7, 11) is 1.87. The maximum absolute atomic E-state index is 5.34. The Hall–Kier alpha value is -0.380. The molecule has 7 heteroatoms. The fraction of sp³-hybridized carbons (Fsp3) is 0.632. The van der Waals surface area contributed by atoms with Crippen LogP contribution in [0.3, 0.4) is 0 Å². The van der Waals surface area contributed by atoms with Crippen molar-refractivity contribution < 1.29 is 4.74 Å². The molecule has 1 aromatic carbocycles. The average molecular weight is 537 g/mol. The van der Waals surface area contributed by atoms with Crippen molar-refractivity contribution in [2.24, 2.45) is 10.4 Å². The van der Waals surface area contributed by atoms with Gasteiger partial charge in [-0.05, 0) is 24.6 Å². The third-order valence-electron chi connectivity index (χ3n) is 5.30. The zero-order valence-electron chi connectivity index (χ0n) is 15.9. The van der Waals surface area contributed by atoms with Crippen LogP contribution >= 0.6 is 39.9 Å². The third-order valence-corrected chi connectivity index (χ3v) is 5.83. The molecule has 0 bridgehead atoms. The number of nitrogens with zero attached hydrogens (tertiary/aromatic N) is 3. The molecule has 1 atom stereocenters. The Morgan fingerprint density at radius 1 is 1.23 bits per heavy atom. The second kappa shape index (κ2) is 9.71. The summed E-state index contributed by atoms with van der Waals surface area (Å²) in [6, 6.07) is 9.11. The first-order valence-corrected chi connectivity index (χ1v) is 9.83. The van der Waals surface area contributed by atoms with Gasteiger partial charge < -0.3 is 15.0 Å². The quantitative estimate of drug-likeness (QED) is 0.364. The van der Waals surface area contributed by atoms with Crippen LogP contribution in [0.25, 0.3) is 0 Å². The number of aliphatic imine (C=N–C) groups is 1. The molecule has 5 nitrogen and oxygen atoms in total. The summed E-state index contributed by atoms with van der Waals surface area (Å²) in [4.78, 5) is 9.40. The van der Waals surface area contributed by atoms with Crippen molar-refractivity contribution in [3.8, 4) is 0 Å². The van der Waals surface area contributed by atoms with Gasteiger partial charge in [0.2, 0.25) is 0 Å². The van der Waals surface area contributed by atoms with Crippen LogP contribution in [-0.2, 0) is 4.74 Å². The first-order valence-electron chi connectivity index (χ1n) is 9.04. The standard InChI is InChI=1S/C19H29BrN4O.HI/c1-15(16-4-6-17(20)7-5-16)23-8-10-24(11-9-23)18(21-3)22-12-19(2)13-25-14-19;/h4-7,15H,8-14H2,1-3H3,(H,21,22);1H. The van der Waals surface area contributed by atoms with Gasteiger partial charge in [-0.3, -0.25) is 9.89 Å². The van der Waals surface area contributed by atoms with E-state index in [1.54, 1.807) is 0 Å². The lowest BCUT2D eigenvalue weighted by Gasteiger charge is -2.42. The van der Waals surface area contributed by atoms with E-state index in [1.807, 2.05) is 7.05 Å². The first kappa shape index (κ1) is 21.9. The molecule has 1 unspecified atom stereocenters. The Labute approximate surface area is 182 Å². The van der Waals surface area contributed by atoms with Crippen LogP contribution in [0, 0.1) is 5.41 Å². The molecule has 2 fully saturated rings. The summed E-state index contributed by atoms with van der Waals surface area (Å²) in [5, 5.41) is 3.54. The molecule has 1 N–H and O–H groups in total. The molecule has 146 valence electrons. The van der Waals surface area contributed by atoms with Gasteiger partial charge in [0.05, 0.1) is 13.2 Å². The fourth-order valence-corrected chi connectivity index (χ4v) is 3.71. The molecule has 26 heavy (non-hydrogen) atoms. The normalized spacial score (nSPS) is 21.5. The summed E-state index contributed by atoms with van der Waals surface area (Å²) in [6.07, 6.45) is 0. The molecule has 0 spiro atoms. The Kier molecular flexibility index (Phi) is 8.18. The lowest BCUT2D eigenvalue weighted by Crippen LogP contribution is -2.56. The van der Waals surface area contributed by atoms with E-state index < -0.39 is 0 Å². The molecule has 0 radical (unpaired) electrons. The van der Waals surface area contributed by atoms with Crippen LogP contribution in [0.2, 0.25) is 0 Å². The van der Waals surface area contributed by atoms with E-state index in [1.165, 1.54) is 5.56 Å². The van der Waals surface area contributed by atoms with Crippen LogP contribution < -0.4 is 5.32 Å². The summed E-state index contributed by atoms with van der Waals surface area (Å²) in [6.45, 7) is 11.3. The highest BCUT2D eigenvalue weighted by Crippen LogP contribution is 2.26. The summed E-state index contributed by atoms with van der Waals surface area (Å²) in [5.74, 6) is 1.02. The highest BCUT2D eigenvalue weighted by Gasteiger charge is 2.34. The van der Waals surface area contributed by atoms with E-state index in [-0.39, 0.29) is 29.4 Å². The number of benzene rings is 1. The molecule has 2 aliphatic heterocycles. The monoisotopic (exact) mass is 536 g/mol. The van der Waals surface area contributed by atoms with Crippen LogP contribution in [0.4, 0.5) is 0 Å². The highest BCUT2D eigenvalue weighted by atomic mass is 127. The topological polar surface area (TPSA) is 40.1 Å². The summed E-state index contributed by atoms with van der Waals surface area (Å²) < 4.78 is 6.47. The van der Waals surface area contributed by atoms with Gasteiger partial charge in [-0.25, -0.2) is 0 Å². The van der Waals surface area contributed by atoms with Crippen molar-refractivity contribution >= 4 is 45.9 Å². The van der Waals surface area contributed by atoms with Crippen LogP contribution in [0.1, 0.15) is 25.5 Å². The SMILES string of the molecule is CN=C(NCC1(C)COC1)N1CCN(C(C)c2ccc(Br)cc2)CC1.I. The maximum Gasteiger partial charge on any atom is 0.193 e. The third kappa shape index (κ3) is 5.33. The van der Waals surface area contributed by atoms with Gasteiger partial charge in [-0.1, -0.05) is 35.0 Å². The van der Waals surface area contributed by atoms with Crippen molar-refractivity contribution in [1.82, 2.24) is 15.1 Å². The largest absolute Gasteiger partial charge is 0.380 e. The van der Waals surface area contributed by atoms with Crippen molar-refractivity contribution in [1.29, 1.82) is 0 Å². The van der Waals surface area contributed by atoms with Gasteiger partial charge >= 0.3 is 0 Å². The van der Waals surface area contributed by atoms with E-state index in [4.69, 9.17) is 4.74 Å². The van der Waals surface area contributed by atoms with Crippen molar-refractivity contribution in [2.75, 3.05) is 53.0 Å². The van der Waals surface area contributed by atoms with Crippen molar-refractivity contribution in [2.45, 2.75) is 19.9 Å². The second-order valence-corrected chi connectivity index (χ2v) is 8.37. The molecule has 0 aliphatic carbocycles. The predicted octanol–water partition coefficient (Wildman–Crippen LogP) is 3.36. The fourth-order valence-electron chi connectivity index (χ4n) is 3.45. The summed E-state index contributed by atoms with van der Waals surface area (Å²) >= 11 is 3.51. The number of nitrogens with one attached hydrogen (secondary N) is 1. The van der Waals surface area contributed by atoms with E-state index in [0.29, 0.717) is 6.04 Å². The van der Waals surface area contributed by atoms with Gasteiger partial charge in [0.15, 0.2) is 5.96 Å². The maximum atomic E-state index is 5.34. The molecular formula is C19H30BrIN4O. The smallest absolute Gasteiger partial charge is 0.193 e. The van der Waals surface area contributed by atoms with Crippen LogP contribution in [0.15, 0.2) is 33.7 Å². The van der Waals surface area contributed by atoms with Gasteiger partial charge in [-0.15, -0.1) is 24.0 Å². The van der Waals surface area contributed by atoms with Gasteiger partial charge in [0.1, 0.15) is 0 Å². The zero-order chi connectivity index (χ0) is 17.9. The minimum Gasteiger partial charge on any atom is -0.380 e. The highest BCUT2D eigenvalue weighted by molar-refractivity contribution is 14.0. The minimum atomic E-state index is 0. The van der Waals surface area contributed by atoms with E-state index >= 15 is 0 Å². The molecule has 2 saturated heterocycles. The lowest BCUT2D eigenvalue weighted by atomic mass is 9.89. The Morgan fingerprint density at radius 2 is 1.85 bits per heavy atom. The second-order valence-electron chi connectivity index (χ2n) is 7.45. The molecule has 1 aromatic rings. The van der Waals surface area contributed by atoms with E-state index in [9.17, 15) is 0 Å². The van der Waals surface area contributed by atoms with E-state index in [0.717, 1.165) is 56.4 Å². The molecule has 2 aliphatic rings. The number of ether oxygens (including phenoxy) is 1. The first-order chi connectivity index (χ1) is 12.0. The molecule has 0 amide bonds. The number of hydrogen-bond acceptors (Lipinski definition) is 3. The predicted molar refractivity (Wildman–Crippen MR) is 121 cm³/mol. The Morgan fingerprint density at radius 3 is 2.35 bits per heavy atom. The van der Waals surface area contributed by atoms with Crippen molar-refractivity contribution in [3.05, 3.63) is 34.3 Å². The van der Waals surface area contributed by atoms with Gasteiger partial charge in [-0.2, -0.15) is 0 Å². The number of hydrogen-bond donors (Lipinski definition) is 1. The molecule has 0 aromatic heterocycles. The zero-order valence-corrected chi connectivity index (χ0v) is 19.8. The van der Waals surface area contributed by atoms with Crippen LogP contribution in [-0.4, -0.2) is 68.7 Å². The Bertz CT molecular complexity index is 598.